The summed E-state index contributed by atoms with van der Waals surface area (Å²) in [5.41, 5.74) is 0.310. The van der Waals surface area contributed by atoms with Gasteiger partial charge in [0, 0.05) is 44.8 Å². The van der Waals surface area contributed by atoms with E-state index >= 15 is 0 Å². The Morgan fingerprint density at radius 1 is 1.42 bits per heavy atom. The Balaban J connectivity index is 1.86. The van der Waals surface area contributed by atoms with Gasteiger partial charge in [-0.05, 0) is 32.2 Å². The first-order valence-corrected chi connectivity index (χ1v) is 7.80. The van der Waals surface area contributed by atoms with Gasteiger partial charge in [-0.1, -0.05) is 6.92 Å². The van der Waals surface area contributed by atoms with Gasteiger partial charge in [-0.2, -0.15) is 0 Å². The van der Waals surface area contributed by atoms with Gasteiger partial charge in [0.1, 0.15) is 0 Å². The predicted octanol–water partition coefficient (Wildman–Crippen LogP) is 1.50. The molecule has 1 N–H and O–H groups in total. The van der Waals surface area contributed by atoms with E-state index in [0.717, 1.165) is 52.0 Å². The van der Waals surface area contributed by atoms with Crippen LogP contribution in [0.25, 0.3) is 0 Å². The fourth-order valence-corrected chi connectivity index (χ4v) is 2.92. The number of methoxy groups -OCH3 is 1. The normalized spacial score (nSPS) is 27.9. The van der Waals surface area contributed by atoms with Crippen LogP contribution in [0.1, 0.15) is 32.6 Å². The second-order valence-corrected chi connectivity index (χ2v) is 6.17. The third-order valence-corrected chi connectivity index (χ3v) is 4.36. The van der Waals surface area contributed by atoms with Crippen molar-refractivity contribution in [3.05, 3.63) is 0 Å². The first-order valence-electron chi connectivity index (χ1n) is 7.80. The molecular weight excluding hydrogens is 240 g/mol. The smallest absolute Gasteiger partial charge is 0.0589 e. The van der Waals surface area contributed by atoms with E-state index in [1.165, 1.54) is 25.7 Å². The van der Waals surface area contributed by atoms with Crippen LogP contribution in [-0.4, -0.2) is 64.1 Å². The SMILES string of the molecule is CCN(CCOC)CC1(CNC2CC2)CCCOC1. The van der Waals surface area contributed by atoms with E-state index in [0.29, 0.717) is 5.41 Å². The first kappa shape index (κ1) is 15.2. The van der Waals surface area contributed by atoms with Gasteiger partial charge in [0.05, 0.1) is 13.2 Å². The van der Waals surface area contributed by atoms with Crippen LogP contribution in [-0.2, 0) is 9.47 Å². The maximum Gasteiger partial charge on any atom is 0.0589 e. The average molecular weight is 270 g/mol. The molecule has 1 unspecified atom stereocenters. The van der Waals surface area contributed by atoms with Crippen LogP contribution >= 0.6 is 0 Å². The summed E-state index contributed by atoms with van der Waals surface area (Å²) in [6, 6.07) is 0.785. The second-order valence-electron chi connectivity index (χ2n) is 6.17. The summed E-state index contributed by atoms with van der Waals surface area (Å²) in [6.45, 7) is 9.27. The van der Waals surface area contributed by atoms with Crippen molar-refractivity contribution >= 4 is 0 Å². The minimum atomic E-state index is 0.310. The standard InChI is InChI=1S/C15H30N2O2/c1-3-17(8-10-18-2)12-15(7-4-9-19-13-15)11-16-14-5-6-14/h14,16H,3-13H2,1-2H3. The highest BCUT2D eigenvalue weighted by Crippen LogP contribution is 2.30. The third kappa shape index (κ3) is 5.03. The summed E-state index contributed by atoms with van der Waals surface area (Å²) in [5, 5.41) is 3.71. The van der Waals surface area contributed by atoms with Crippen molar-refractivity contribution in [3.63, 3.8) is 0 Å². The Bertz CT molecular complexity index is 251. The molecule has 1 heterocycles. The predicted molar refractivity (Wildman–Crippen MR) is 77.5 cm³/mol. The van der Waals surface area contributed by atoms with Gasteiger partial charge < -0.3 is 19.7 Å². The summed E-state index contributed by atoms with van der Waals surface area (Å²) in [4.78, 5) is 2.51. The van der Waals surface area contributed by atoms with Crippen LogP contribution in [0, 0.1) is 5.41 Å². The quantitative estimate of drug-likeness (QED) is 0.688. The lowest BCUT2D eigenvalue weighted by atomic mass is 9.81. The molecule has 19 heavy (non-hydrogen) atoms. The minimum Gasteiger partial charge on any atom is -0.383 e. The van der Waals surface area contributed by atoms with E-state index in [4.69, 9.17) is 9.47 Å². The minimum absolute atomic E-state index is 0.310. The Kier molecular flexibility index (Phi) is 6.07. The first-order chi connectivity index (χ1) is 9.28. The molecule has 2 rings (SSSR count). The number of likely N-dealkylation sites (N-methyl/N-ethyl adjacent to an activating group) is 1. The highest BCUT2D eigenvalue weighted by molar-refractivity contribution is 4.91. The summed E-state index contributed by atoms with van der Waals surface area (Å²) >= 11 is 0. The van der Waals surface area contributed by atoms with Crippen molar-refractivity contribution in [2.75, 3.05) is 53.1 Å². The van der Waals surface area contributed by atoms with E-state index < -0.39 is 0 Å². The molecule has 1 saturated carbocycles. The summed E-state index contributed by atoms with van der Waals surface area (Å²) in [6.07, 6.45) is 5.21. The van der Waals surface area contributed by atoms with Crippen LogP contribution < -0.4 is 5.32 Å². The number of nitrogens with one attached hydrogen (secondary N) is 1. The number of nitrogens with zero attached hydrogens (tertiary/aromatic N) is 1. The average Bonchev–Trinajstić information content (AvgIpc) is 3.27. The number of ether oxygens (including phenoxy) is 2. The molecule has 2 aliphatic rings. The zero-order valence-corrected chi connectivity index (χ0v) is 12.6. The summed E-state index contributed by atoms with van der Waals surface area (Å²) < 4.78 is 11.0. The maximum absolute atomic E-state index is 5.79. The fraction of sp³-hybridized carbons (Fsp3) is 1.00. The Hall–Kier alpha value is -0.160. The van der Waals surface area contributed by atoms with Crippen LogP contribution in [0.2, 0.25) is 0 Å². The molecular formula is C15H30N2O2. The maximum atomic E-state index is 5.79. The van der Waals surface area contributed by atoms with Gasteiger partial charge in [0.2, 0.25) is 0 Å². The van der Waals surface area contributed by atoms with Crippen molar-refractivity contribution in [2.45, 2.75) is 38.6 Å². The van der Waals surface area contributed by atoms with Gasteiger partial charge in [0.15, 0.2) is 0 Å². The molecule has 1 atom stereocenters. The topological polar surface area (TPSA) is 33.7 Å². The van der Waals surface area contributed by atoms with Gasteiger partial charge >= 0.3 is 0 Å². The molecule has 0 amide bonds. The Morgan fingerprint density at radius 3 is 2.84 bits per heavy atom. The molecule has 0 aromatic rings. The molecule has 0 bridgehead atoms. The number of hydrogen-bond donors (Lipinski definition) is 1. The Morgan fingerprint density at radius 2 is 2.26 bits per heavy atom. The van der Waals surface area contributed by atoms with Crippen molar-refractivity contribution in [1.29, 1.82) is 0 Å². The molecule has 0 aromatic carbocycles. The zero-order chi connectivity index (χ0) is 13.6. The molecule has 0 aromatic heterocycles. The molecule has 4 nitrogen and oxygen atoms in total. The third-order valence-electron chi connectivity index (χ3n) is 4.36. The number of hydrogen-bond acceptors (Lipinski definition) is 4. The van der Waals surface area contributed by atoms with E-state index in [1.54, 1.807) is 7.11 Å². The molecule has 1 saturated heterocycles. The highest BCUT2D eigenvalue weighted by Gasteiger charge is 2.36. The molecule has 0 spiro atoms. The second kappa shape index (κ2) is 7.58. The van der Waals surface area contributed by atoms with Crippen LogP contribution in [0.5, 0.6) is 0 Å². The molecule has 2 fully saturated rings. The van der Waals surface area contributed by atoms with E-state index in [1.807, 2.05) is 0 Å². The molecule has 112 valence electrons. The zero-order valence-electron chi connectivity index (χ0n) is 12.6. The largest absolute Gasteiger partial charge is 0.383 e. The molecule has 0 radical (unpaired) electrons. The van der Waals surface area contributed by atoms with Gasteiger partial charge in [0.25, 0.3) is 0 Å². The van der Waals surface area contributed by atoms with Crippen molar-refractivity contribution in [2.24, 2.45) is 5.41 Å². The Labute approximate surface area is 117 Å². The van der Waals surface area contributed by atoms with E-state index in [2.05, 4.69) is 17.1 Å². The fourth-order valence-electron chi connectivity index (χ4n) is 2.92. The monoisotopic (exact) mass is 270 g/mol. The lowest BCUT2D eigenvalue weighted by Crippen LogP contribution is -2.50. The van der Waals surface area contributed by atoms with E-state index in [9.17, 15) is 0 Å². The molecule has 4 heteroatoms. The van der Waals surface area contributed by atoms with Crippen molar-refractivity contribution < 1.29 is 9.47 Å². The van der Waals surface area contributed by atoms with Crippen LogP contribution in [0.3, 0.4) is 0 Å². The summed E-state index contributed by atoms with van der Waals surface area (Å²) in [7, 11) is 1.78. The van der Waals surface area contributed by atoms with Crippen LogP contribution in [0.4, 0.5) is 0 Å². The van der Waals surface area contributed by atoms with Gasteiger partial charge in [-0.25, -0.2) is 0 Å². The highest BCUT2D eigenvalue weighted by atomic mass is 16.5. The summed E-state index contributed by atoms with van der Waals surface area (Å²) in [5.74, 6) is 0. The van der Waals surface area contributed by atoms with Crippen molar-refractivity contribution in [3.8, 4) is 0 Å². The molecule has 1 aliphatic heterocycles. The van der Waals surface area contributed by atoms with Gasteiger partial charge in [-0.3, -0.25) is 0 Å². The lowest BCUT2D eigenvalue weighted by molar-refractivity contribution is -0.0282. The lowest BCUT2D eigenvalue weighted by Gasteiger charge is -2.41. The van der Waals surface area contributed by atoms with Crippen molar-refractivity contribution in [1.82, 2.24) is 10.2 Å². The van der Waals surface area contributed by atoms with Gasteiger partial charge in [-0.15, -0.1) is 0 Å². The molecule has 1 aliphatic carbocycles. The van der Waals surface area contributed by atoms with E-state index in [-0.39, 0.29) is 0 Å². The van der Waals surface area contributed by atoms with Crippen LogP contribution in [0.15, 0.2) is 0 Å². The number of rotatable bonds is 9.